The van der Waals surface area contributed by atoms with E-state index in [-0.39, 0.29) is 6.04 Å². The summed E-state index contributed by atoms with van der Waals surface area (Å²) in [7, 11) is 1.70. The molecule has 2 N–H and O–H groups in total. The van der Waals surface area contributed by atoms with Crippen molar-refractivity contribution >= 4 is 0 Å². The Balaban J connectivity index is 2.42. The molecule has 0 amide bonds. The number of hydrogen-bond donors (Lipinski definition) is 1. The van der Waals surface area contributed by atoms with Gasteiger partial charge < -0.3 is 19.9 Å². The topological polar surface area (TPSA) is 53.7 Å². The van der Waals surface area contributed by atoms with Gasteiger partial charge in [0.1, 0.15) is 12.4 Å². The maximum Gasteiger partial charge on any atom is 0.125 e. The van der Waals surface area contributed by atoms with Gasteiger partial charge in [-0.1, -0.05) is 25.1 Å². The standard InChI is InChI=1S/C17H29NO3/c1-4-16(18)13-15-8-5-7-14(2)17(15)21-12-11-20-10-6-9-19-3/h5,7-8,16H,4,6,9-13,18H2,1-3H3. The van der Waals surface area contributed by atoms with Gasteiger partial charge in [0.25, 0.3) is 0 Å². The van der Waals surface area contributed by atoms with Crippen molar-refractivity contribution in [1.82, 2.24) is 0 Å². The van der Waals surface area contributed by atoms with Crippen molar-refractivity contribution in [2.75, 3.05) is 33.5 Å². The largest absolute Gasteiger partial charge is 0.491 e. The maximum atomic E-state index is 6.05. The van der Waals surface area contributed by atoms with E-state index in [0.29, 0.717) is 19.8 Å². The number of methoxy groups -OCH3 is 1. The molecule has 0 saturated heterocycles. The van der Waals surface area contributed by atoms with Crippen molar-refractivity contribution < 1.29 is 14.2 Å². The summed E-state index contributed by atoms with van der Waals surface area (Å²) in [4.78, 5) is 0. The van der Waals surface area contributed by atoms with Gasteiger partial charge >= 0.3 is 0 Å². The quantitative estimate of drug-likeness (QED) is 0.638. The fourth-order valence-electron chi connectivity index (χ4n) is 2.12. The van der Waals surface area contributed by atoms with Gasteiger partial charge in [-0.3, -0.25) is 0 Å². The summed E-state index contributed by atoms with van der Waals surface area (Å²) in [5, 5.41) is 0. The number of para-hydroxylation sites is 1. The highest BCUT2D eigenvalue weighted by atomic mass is 16.5. The smallest absolute Gasteiger partial charge is 0.125 e. The summed E-state index contributed by atoms with van der Waals surface area (Å²) in [5.74, 6) is 0.960. The molecular formula is C17H29NO3. The SMILES string of the molecule is CCC(N)Cc1cccc(C)c1OCCOCCCOC. The number of nitrogens with two attached hydrogens (primary N) is 1. The second-order valence-electron chi connectivity index (χ2n) is 5.24. The van der Waals surface area contributed by atoms with Crippen LogP contribution in [0.4, 0.5) is 0 Å². The van der Waals surface area contributed by atoms with Crippen LogP contribution in [0.15, 0.2) is 18.2 Å². The van der Waals surface area contributed by atoms with Gasteiger partial charge in [-0.05, 0) is 37.3 Å². The molecule has 0 bridgehead atoms. The van der Waals surface area contributed by atoms with Crippen molar-refractivity contribution in [2.45, 2.75) is 39.2 Å². The monoisotopic (exact) mass is 295 g/mol. The van der Waals surface area contributed by atoms with Gasteiger partial charge in [0.15, 0.2) is 0 Å². The minimum Gasteiger partial charge on any atom is -0.491 e. The lowest BCUT2D eigenvalue weighted by molar-refractivity contribution is 0.0802. The van der Waals surface area contributed by atoms with Gasteiger partial charge in [-0.15, -0.1) is 0 Å². The second kappa shape index (κ2) is 10.6. The average molecular weight is 295 g/mol. The van der Waals surface area contributed by atoms with E-state index < -0.39 is 0 Å². The summed E-state index contributed by atoms with van der Waals surface area (Å²) < 4.78 is 16.4. The predicted molar refractivity (Wildman–Crippen MR) is 86.0 cm³/mol. The highest BCUT2D eigenvalue weighted by Gasteiger charge is 2.10. The first-order valence-corrected chi connectivity index (χ1v) is 7.72. The van der Waals surface area contributed by atoms with Crippen LogP contribution in [0, 0.1) is 6.92 Å². The predicted octanol–water partition coefficient (Wildman–Crippen LogP) is 2.71. The third-order valence-electron chi connectivity index (χ3n) is 3.41. The molecule has 0 aliphatic rings. The molecule has 0 aliphatic heterocycles. The molecule has 120 valence electrons. The summed E-state index contributed by atoms with van der Waals surface area (Å²) in [6, 6.07) is 6.40. The van der Waals surface area contributed by atoms with Crippen LogP contribution in [0.5, 0.6) is 5.75 Å². The van der Waals surface area contributed by atoms with E-state index in [1.54, 1.807) is 7.11 Å². The molecule has 4 heteroatoms. The van der Waals surface area contributed by atoms with E-state index >= 15 is 0 Å². The molecule has 0 aliphatic carbocycles. The first-order valence-electron chi connectivity index (χ1n) is 7.72. The highest BCUT2D eigenvalue weighted by molar-refractivity contribution is 5.41. The Morgan fingerprint density at radius 2 is 1.95 bits per heavy atom. The van der Waals surface area contributed by atoms with E-state index in [1.807, 2.05) is 0 Å². The number of hydrogen-bond acceptors (Lipinski definition) is 4. The lowest BCUT2D eigenvalue weighted by Crippen LogP contribution is -2.22. The lowest BCUT2D eigenvalue weighted by atomic mass is 10.0. The Hall–Kier alpha value is -1.10. The molecule has 21 heavy (non-hydrogen) atoms. The van der Waals surface area contributed by atoms with Gasteiger partial charge in [0.2, 0.25) is 0 Å². The van der Waals surface area contributed by atoms with Gasteiger partial charge in [0.05, 0.1) is 6.61 Å². The Morgan fingerprint density at radius 3 is 2.67 bits per heavy atom. The summed E-state index contributed by atoms with van der Waals surface area (Å²) in [6.07, 6.45) is 2.73. The molecule has 1 unspecified atom stereocenters. The summed E-state index contributed by atoms with van der Waals surface area (Å²) in [5.41, 5.74) is 8.39. The van der Waals surface area contributed by atoms with Crippen molar-refractivity contribution in [1.29, 1.82) is 0 Å². The number of benzene rings is 1. The normalized spacial score (nSPS) is 12.4. The third-order valence-corrected chi connectivity index (χ3v) is 3.41. The van der Waals surface area contributed by atoms with Crippen LogP contribution in [-0.2, 0) is 15.9 Å². The van der Waals surface area contributed by atoms with Gasteiger partial charge in [0, 0.05) is 26.4 Å². The highest BCUT2D eigenvalue weighted by Crippen LogP contribution is 2.24. The minimum absolute atomic E-state index is 0.180. The zero-order chi connectivity index (χ0) is 15.5. The van der Waals surface area contributed by atoms with Crippen LogP contribution in [0.3, 0.4) is 0 Å². The van der Waals surface area contributed by atoms with Gasteiger partial charge in [-0.25, -0.2) is 0 Å². The van der Waals surface area contributed by atoms with Crippen LogP contribution < -0.4 is 10.5 Å². The molecule has 0 saturated carbocycles. The minimum atomic E-state index is 0.180. The van der Waals surface area contributed by atoms with Crippen molar-refractivity contribution in [3.63, 3.8) is 0 Å². The fourth-order valence-corrected chi connectivity index (χ4v) is 2.12. The van der Waals surface area contributed by atoms with Crippen LogP contribution in [-0.4, -0.2) is 39.6 Å². The molecule has 4 nitrogen and oxygen atoms in total. The van der Waals surface area contributed by atoms with Gasteiger partial charge in [-0.2, -0.15) is 0 Å². The second-order valence-corrected chi connectivity index (χ2v) is 5.24. The van der Waals surface area contributed by atoms with E-state index in [4.69, 9.17) is 19.9 Å². The number of ether oxygens (including phenoxy) is 3. The molecule has 0 spiro atoms. The van der Waals surface area contributed by atoms with Crippen LogP contribution in [0.1, 0.15) is 30.9 Å². The Bertz CT molecular complexity index is 396. The molecule has 0 radical (unpaired) electrons. The first kappa shape index (κ1) is 18.0. The zero-order valence-corrected chi connectivity index (χ0v) is 13.6. The lowest BCUT2D eigenvalue weighted by Gasteiger charge is -2.16. The number of rotatable bonds is 11. The van der Waals surface area contributed by atoms with Crippen molar-refractivity contribution in [2.24, 2.45) is 5.73 Å². The molecule has 0 aromatic heterocycles. The van der Waals surface area contributed by atoms with E-state index in [9.17, 15) is 0 Å². The molecular weight excluding hydrogens is 266 g/mol. The van der Waals surface area contributed by atoms with Crippen LogP contribution in [0.2, 0.25) is 0 Å². The van der Waals surface area contributed by atoms with E-state index in [1.165, 1.54) is 5.56 Å². The molecule has 1 atom stereocenters. The van der Waals surface area contributed by atoms with Crippen molar-refractivity contribution in [3.05, 3.63) is 29.3 Å². The summed E-state index contributed by atoms with van der Waals surface area (Å²) in [6.45, 7) is 6.77. The van der Waals surface area contributed by atoms with Crippen molar-refractivity contribution in [3.8, 4) is 5.75 Å². The average Bonchev–Trinajstić information content (AvgIpc) is 2.48. The maximum absolute atomic E-state index is 6.05. The Kier molecular flexibility index (Phi) is 9.06. The Morgan fingerprint density at radius 1 is 1.14 bits per heavy atom. The number of aryl methyl sites for hydroxylation is 1. The first-order chi connectivity index (χ1) is 10.2. The molecule has 0 heterocycles. The molecule has 0 fully saturated rings. The van der Waals surface area contributed by atoms with Crippen LogP contribution in [0.25, 0.3) is 0 Å². The fraction of sp³-hybridized carbons (Fsp3) is 0.647. The Labute approximate surface area is 128 Å². The molecule has 1 aromatic carbocycles. The van der Waals surface area contributed by atoms with E-state index in [2.05, 4.69) is 32.0 Å². The summed E-state index contributed by atoms with van der Waals surface area (Å²) >= 11 is 0. The zero-order valence-electron chi connectivity index (χ0n) is 13.6. The molecule has 1 aromatic rings. The third kappa shape index (κ3) is 6.93. The van der Waals surface area contributed by atoms with Crippen LogP contribution >= 0.6 is 0 Å². The molecule has 1 rings (SSSR count). The van der Waals surface area contributed by atoms with E-state index in [0.717, 1.165) is 37.2 Å².